The standard InChI is InChI=1S/C13H14ClN3/c1-11-12(14)5-2-6-13(11)17(9-3-7-15)10-4-8-16/h2,5-6H,3-4,9-10H2,1H3. The van der Waals surface area contributed by atoms with E-state index in [1.165, 1.54) is 0 Å². The SMILES string of the molecule is Cc1c(Cl)cccc1N(CCC#N)CCC#N. The molecule has 0 atom stereocenters. The Hall–Kier alpha value is -1.71. The van der Waals surface area contributed by atoms with Crippen molar-refractivity contribution in [3.8, 4) is 12.1 Å². The van der Waals surface area contributed by atoms with Crippen LogP contribution in [0, 0.1) is 29.6 Å². The van der Waals surface area contributed by atoms with Gasteiger partial charge < -0.3 is 4.90 Å². The van der Waals surface area contributed by atoms with Crippen LogP contribution in [-0.4, -0.2) is 13.1 Å². The fraction of sp³-hybridized carbons (Fsp3) is 0.385. The topological polar surface area (TPSA) is 50.8 Å². The molecule has 1 aromatic rings. The van der Waals surface area contributed by atoms with E-state index in [1.54, 1.807) is 0 Å². The quantitative estimate of drug-likeness (QED) is 0.802. The van der Waals surface area contributed by atoms with Gasteiger partial charge in [0.2, 0.25) is 0 Å². The van der Waals surface area contributed by atoms with E-state index in [2.05, 4.69) is 12.1 Å². The molecular formula is C13H14ClN3. The Morgan fingerprint density at radius 3 is 2.29 bits per heavy atom. The van der Waals surface area contributed by atoms with Crippen molar-refractivity contribution in [1.82, 2.24) is 0 Å². The summed E-state index contributed by atoms with van der Waals surface area (Å²) >= 11 is 6.07. The summed E-state index contributed by atoms with van der Waals surface area (Å²) in [6, 6.07) is 9.94. The van der Waals surface area contributed by atoms with Gasteiger partial charge in [0, 0.05) is 23.8 Å². The van der Waals surface area contributed by atoms with Crippen molar-refractivity contribution in [3.63, 3.8) is 0 Å². The third-order valence-corrected chi connectivity index (χ3v) is 2.98. The number of nitrogens with zero attached hydrogens (tertiary/aromatic N) is 3. The van der Waals surface area contributed by atoms with Crippen molar-refractivity contribution in [3.05, 3.63) is 28.8 Å². The minimum atomic E-state index is 0.442. The molecule has 1 aromatic carbocycles. The molecular weight excluding hydrogens is 234 g/mol. The summed E-state index contributed by atoms with van der Waals surface area (Å²) in [6.45, 7) is 3.20. The zero-order valence-electron chi connectivity index (χ0n) is 9.78. The van der Waals surface area contributed by atoms with Gasteiger partial charge in [-0.15, -0.1) is 0 Å². The van der Waals surface area contributed by atoms with E-state index in [4.69, 9.17) is 22.1 Å². The second-order valence-corrected chi connectivity index (χ2v) is 4.09. The monoisotopic (exact) mass is 247 g/mol. The van der Waals surface area contributed by atoms with E-state index in [0.717, 1.165) is 11.3 Å². The lowest BCUT2D eigenvalue weighted by Crippen LogP contribution is -2.26. The largest absolute Gasteiger partial charge is 0.369 e. The molecule has 0 radical (unpaired) electrons. The number of rotatable bonds is 5. The molecule has 4 heteroatoms. The maximum absolute atomic E-state index is 8.64. The first-order valence-electron chi connectivity index (χ1n) is 5.44. The van der Waals surface area contributed by atoms with Crippen LogP contribution in [-0.2, 0) is 0 Å². The van der Waals surface area contributed by atoms with Crippen molar-refractivity contribution < 1.29 is 0 Å². The lowest BCUT2D eigenvalue weighted by molar-refractivity contribution is 0.793. The first kappa shape index (κ1) is 13.4. The van der Waals surface area contributed by atoms with Gasteiger partial charge in [-0.2, -0.15) is 10.5 Å². The molecule has 0 amide bonds. The summed E-state index contributed by atoms with van der Waals surface area (Å²) in [7, 11) is 0. The zero-order chi connectivity index (χ0) is 12.7. The Morgan fingerprint density at radius 1 is 1.18 bits per heavy atom. The van der Waals surface area contributed by atoms with E-state index in [-0.39, 0.29) is 0 Å². The summed E-state index contributed by atoms with van der Waals surface area (Å²) in [5.74, 6) is 0. The predicted molar refractivity (Wildman–Crippen MR) is 68.9 cm³/mol. The molecule has 0 aliphatic heterocycles. The Bertz CT molecular complexity index is 439. The molecule has 0 saturated carbocycles. The molecule has 17 heavy (non-hydrogen) atoms. The smallest absolute Gasteiger partial charge is 0.0640 e. The molecule has 0 aliphatic rings. The van der Waals surface area contributed by atoms with Gasteiger partial charge in [0.05, 0.1) is 25.0 Å². The van der Waals surface area contributed by atoms with Crippen molar-refractivity contribution in [2.24, 2.45) is 0 Å². The first-order valence-corrected chi connectivity index (χ1v) is 5.82. The zero-order valence-corrected chi connectivity index (χ0v) is 10.5. The summed E-state index contributed by atoms with van der Waals surface area (Å²) in [5, 5.41) is 18.0. The molecule has 0 N–H and O–H groups in total. The van der Waals surface area contributed by atoms with Crippen LogP contribution in [0.5, 0.6) is 0 Å². The van der Waals surface area contributed by atoms with Crippen molar-refractivity contribution in [1.29, 1.82) is 10.5 Å². The van der Waals surface area contributed by atoms with E-state index >= 15 is 0 Å². The van der Waals surface area contributed by atoms with E-state index < -0.39 is 0 Å². The lowest BCUT2D eigenvalue weighted by atomic mass is 10.1. The molecule has 3 nitrogen and oxygen atoms in total. The average molecular weight is 248 g/mol. The van der Waals surface area contributed by atoms with Crippen LogP contribution < -0.4 is 4.90 Å². The highest BCUT2D eigenvalue weighted by molar-refractivity contribution is 6.31. The average Bonchev–Trinajstić information content (AvgIpc) is 2.34. The van der Waals surface area contributed by atoms with E-state index in [9.17, 15) is 0 Å². The second-order valence-electron chi connectivity index (χ2n) is 3.69. The third kappa shape index (κ3) is 3.66. The number of hydrogen-bond acceptors (Lipinski definition) is 3. The lowest BCUT2D eigenvalue weighted by Gasteiger charge is -2.25. The van der Waals surface area contributed by atoms with Gasteiger partial charge in [0.15, 0.2) is 0 Å². The molecule has 0 saturated heterocycles. The second kappa shape index (κ2) is 6.78. The normalized spacial score (nSPS) is 9.41. The van der Waals surface area contributed by atoms with Gasteiger partial charge in [0.1, 0.15) is 0 Å². The third-order valence-electron chi connectivity index (χ3n) is 2.57. The molecule has 0 aromatic heterocycles. The van der Waals surface area contributed by atoms with Crippen LogP contribution in [0.4, 0.5) is 5.69 Å². The first-order chi connectivity index (χ1) is 8.20. The Kier molecular flexibility index (Phi) is 5.33. The van der Waals surface area contributed by atoms with Crippen LogP contribution in [0.2, 0.25) is 5.02 Å². The van der Waals surface area contributed by atoms with E-state index in [1.807, 2.05) is 30.0 Å². The van der Waals surface area contributed by atoms with Crippen LogP contribution in [0.1, 0.15) is 18.4 Å². The molecule has 0 aliphatic carbocycles. The van der Waals surface area contributed by atoms with Crippen molar-refractivity contribution >= 4 is 17.3 Å². The Morgan fingerprint density at radius 2 is 1.76 bits per heavy atom. The fourth-order valence-corrected chi connectivity index (χ4v) is 1.83. The van der Waals surface area contributed by atoms with Crippen LogP contribution in [0.25, 0.3) is 0 Å². The maximum Gasteiger partial charge on any atom is 0.0640 e. The molecule has 0 fully saturated rings. The molecule has 0 bridgehead atoms. The minimum Gasteiger partial charge on any atom is -0.369 e. The maximum atomic E-state index is 8.64. The van der Waals surface area contributed by atoms with Gasteiger partial charge in [-0.25, -0.2) is 0 Å². The van der Waals surface area contributed by atoms with Crippen LogP contribution >= 0.6 is 11.6 Å². The number of nitriles is 2. The Balaban J connectivity index is 2.92. The van der Waals surface area contributed by atoms with Gasteiger partial charge >= 0.3 is 0 Å². The fourth-order valence-electron chi connectivity index (χ4n) is 1.66. The van der Waals surface area contributed by atoms with Gasteiger partial charge in [0.25, 0.3) is 0 Å². The Labute approximate surface area is 107 Å². The highest BCUT2D eigenvalue weighted by atomic mass is 35.5. The molecule has 0 unspecified atom stereocenters. The molecule has 1 rings (SSSR count). The van der Waals surface area contributed by atoms with Gasteiger partial charge in [-0.1, -0.05) is 17.7 Å². The summed E-state index contributed by atoms with van der Waals surface area (Å²) in [5.41, 5.74) is 1.99. The van der Waals surface area contributed by atoms with Crippen LogP contribution in [0.3, 0.4) is 0 Å². The highest BCUT2D eigenvalue weighted by Gasteiger charge is 2.10. The summed E-state index contributed by atoms with van der Waals surface area (Å²) < 4.78 is 0. The predicted octanol–water partition coefficient (Wildman–Crippen LogP) is 3.28. The molecule has 0 spiro atoms. The highest BCUT2D eigenvalue weighted by Crippen LogP contribution is 2.26. The number of anilines is 1. The van der Waals surface area contributed by atoms with Crippen molar-refractivity contribution in [2.75, 3.05) is 18.0 Å². The number of benzene rings is 1. The number of hydrogen-bond donors (Lipinski definition) is 0. The van der Waals surface area contributed by atoms with E-state index in [0.29, 0.717) is 31.0 Å². The van der Waals surface area contributed by atoms with Gasteiger partial charge in [-0.3, -0.25) is 0 Å². The van der Waals surface area contributed by atoms with Gasteiger partial charge in [-0.05, 0) is 24.6 Å². The number of halogens is 1. The minimum absolute atomic E-state index is 0.442. The molecule has 0 heterocycles. The summed E-state index contributed by atoms with van der Waals surface area (Å²) in [6.07, 6.45) is 0.884. The summed E-state index contributed by atoms with van der Waals surface area (Å²) in [4.78, 5) is 2.04. The molecule has 88 valence electrons. The van der Waals surface area contributed by atoms with Crippen molar-refractivity contribution in [2.45, 2.75) is 19.8 Å². The van der Waals surface area contributed by atoms with Crippen LogP contribution in [0.15, 0.2) is 18.2 Å².